The number of nitrogens with one attached hydrogen (secondary N) is 2. The van der Waals surface area contributed by atoms with Crippen LogP contribution in [0.25, 0.3) is 0 Å². The largest absolute Gasteiger partial charge is 0.494 e. The van der Waals surface area contributed by atoms with Gasteiger partial charge < -0.3 is 20.3 Å². The van der Waals surface area contributed by atoms with Crippen molar-refractivity contribution in [2.24, 2.45) is 0 Å². The van der Waals surface area contributed by atoms with Gasteiger partial charge in [-0.1, -0.05) is 13.8 Å². The number of carbonyl (C=O) groups is 2. The fourth-order valence-corrected chi connectivity index (χ4v) is 2.11. The van der Waals surface area contributed by atoms with E-state index in [2.05, 4.69) is 29.4 Å². The number of hydrogen-bond donors (Lipinski definition) is 2. The molecule has 0 spiro atoms. The molecule has 0 fully saturated rings. The summed E-state index contributed by atoms with van der Waals surface area (Å²) in [6.45, 7) is 10.1. The van der Waals surface area contributed by atoms with Crippen LogP contribution in [0.1, 0.15) is 27.2 Å². The first-order chi connectivity index (χ1) is 11.1. The van der Waals surface area contributed by atoms with Crippen molar-refractivity contribution in [3.63, 3.8) is 0 Å². The van der Waals surface area contributed by atoms with Gasteiger partial charge in [-0.05, 0) is 57.2 Å². The summed E-state index contributed by atoms with van der Waals surface area (Å²) >= 11 is 0. The lowest BCUT2D eigenvalue weighted by atomic mass is 10.3. The van der Waals surface area contributed by atoms with Crippen molar-refractivity contribution in [3.8, 4) is 5.75 Å². The highest BCUT2D eigenvalue weighted by atomic mass is 16.5. The quantitative estimate of drug-likeness (QED) is 0.538. The fraction of sp³-hybridized carbons (Fsp3) is 0.529. The average Bonchev–Trinajstić information content (AvgIpc) is 2.56. The summed E-state index contributed by atoms with van der Waals surface area (Å²) in [6.07, 6.45) is 0.823. The third-order valence-electron chi connectivity index (χ3n) is 3.46. The summed E-state index contributed by atoms with van der Waals surface area (Å²) in [4.78, 5) is 25.8. The molecule has 0 atom stereocenters. The van der Waals surface area contributed by atoms with Gasteiger partial charge in [0.05, 0.1) is 6.61 Å². The van der Waals surface area contributed by atoms with E-state index in [-0.39, 0.29) is 0 Å². The van der Waals surface area contributed by atoms with E-state index in [9.17, 15) is 9.59 Å². The van der Waals surface area contributed by atoms with Gasteiger partial charge in [0, 0.05) is 12.2 Å². The van der Waals surface area contributed by atoms with Crippen molar-refractivity contribution >= 4 is 17.5 Å². The van der Waals surface area contributed by atoms with E-state index in [4.69, 9.17) is 4.74 Å². The molecule has 23 heavy (non-hydrogen) atoms. The number of anilines is 1. The van der Waals surface area contributed by atoms with Crippen LogP contribution < -0.4 is 15.4 Å². The van der Waals surface area contributed by atoms with E-state index in [1.165, 1.54) is 0 Å². The van der Waals surface area contributed by atoms with Crippen LogP contribution in [-0.4, -0.2) is 49.5 Å². The predicted octanol–water partition coefficient (Wildman–Crippen LogP) is 1.87. The zero-order chi connectivity index (χ0) is 17.1. The van der Waals surface area contributed by atoms with Crippen LogP contribution in [0.15, 0.2) is 24.3 Å². The molecule has 0 heterocycles. The van der Waals surface area contributed by atoms with Crippen molar-refractivity contribution in [2.75, 3.05) is 38.1 Å². The molecule has 1 rings (SSSR count). The van der Waals surface area contributed by atoms with Crippen LogP contribution in [0.2, 0.25) is 0 Å². The maximum atomic E-state index is 11.8. The Hall–Kier alpha value is -2.08. The predicted molar refractivity (Wildman–Crippen MR) is 91.7 cm³/mol. The molecule has 1 aromatic carbocycles. The van der Waals surface area contributed by atoms with E-state index in [1.807, 2.05) is 6.92 Å². The normalized spacial score (nSPS) is 10.4. The Balaban J connectivity index is 2.32. The van der Waals surface area contributed by atoms with Crippen molar-refractivity contribution in [3.05, 3.63) is 24.3 Å². The molecule has 6 heteroatoms. The van der Waals surface area contributed by atoms with Crippen molar-refractivity contribution in [2.45, 2.75) is 27.2 Å². The number of amides is 2. The third-order valence-corrected chi connectivity index (χ3v) is 3.46. The molecule has 0 bridgehead atoms. The summed E-state index contributed by atoms with van der Waals surface area (Å²) < 4.78 is 5.32. The summed E-state index contributed by atoms with van der Waals surface area (Å²) in [6, 6.07) is 6.91. The van der Waals surface area contributed by atoms with Crippen LogP contribution in [0.4, 0.5) is 5.69 Å². The molecule has 1 aromatic rings. The Kier molecular flexibility index (Phi) is 8.75. The lowest BCUT2D eigenvalue weighted by Crippen LogP contribution is -2.37. The first-order valence-electron chi connectivity index (χ1n) is 8.15. The van der Waals surface area contributed by atoms with Crippen LogP contribution in [0.3, 0.4) is 0 Å². The molecule has 0 radical (unpaired) electrons. The second-order valence-electron chi connectivity index (χ2n) is 5.05. The van der Waals surface area contributed by atoms with Crippen LogP contribution in [-0.2, 0) is 9.59 Å². The molecular formula is C17H27N3O3. The monoisotopic (exact) mass is 321 g/mol. The third kappa shape index (κ3) is 7.15. The Morgan fingerprint density at radius 1 is 1.04 bits per heavy atom. The molecule has 0 saturated carbocycles. The van der Waals surface area contributed by atoms with Gasteiger partial charge in [-0.25, -0.2) is 0 Å². The summed E-state index contributed by atoms with van der Waals surface area (Å²) in [7, 11) is 0. The SMILES string of the molecule is CCOc1ccc(NC(=O)C(=O)NCCCN(CC)CC)cc1. The van der Waals surface area contributed by atoms with E-state index < -0.39 is 11.8 Å². The van der Waals surface area contributed by atoms with E-state index in [1.54, 1.807) is 24.3 Å². The number of nitrogens with zero attached hydrogens (tertiary/aromatic N) is 1. The van der Waals surface area contributed by atoms with E-state index >= 15 is 0 Å². The highest BCUT2D eigenvalue weighted by Gasteiger charge is 2.13. The van der Waals surface area contributed by atoms with Crippen LogP contribution in [0.5, 0.6) is 5.75 Å². The standard InChI is InChI=1S/C17H27N3O3/c1-4-20(5-2)13-7-12-18-16(21)17(22)19-14-8-10-15(11-9-14)23-6-3/h8-11H,4-7,12-13H2,1-3H3,(H,18,21)(H,19,22). The number of carbonyl (C=O) groups excluding carboxylic acids is 2. The molecule has 2 N–H and O–H groups in total. The molecule has 0 unspecified atom stereocenters. The summed E-state index contributed by atoms with van der Waals surface area (Å²) in [5.41, 5.74) is 0.566. The summed E-state index contributed by atoms with van der Waals surface area (Å²) in [5.74, 6) is -0.540. The van der Waals surface area contributed by atoms with Gasteiger partial charge in [-0.15, -0.1) is 0 Å². The van der Waals surface area contributed by atoms with Gasteiger partial charge in [0.15, 0.2) is 0 Å². The van der Waals surface area contributed by atoms with Crippen molar-refractivity contribution < 1.29 is 14.3 Å². The molecule has 6 nitrogen and oxygen atoms in total. The second kappa shape index (κ2) is 10.6. The van der Waals surface area contributed by atoms with E-state index in [0.29, 0.717) is 18.8 Å². The summed E-state index contributed by atoms with van der Waals surface area (Å²) in [5, 5.41) is 5.20. The molecule has 0 saturated heterocycles. The molecule has 0 aliphatic carbocycles. The van der Waals surface area contributed by atoms with Gasteiger partial charge in [0.1, 0.15) is 5.75 Å². The van der Waals surface area contributed by atoms with Crippen LogP contribution >= 0.6 is 0 Å². The number of rotatable bonds is 9. The maximum Gasteiger partial charge on any atom is 0.313 e. The Morgan fingerprint density at radius 2 is 1.70 bits per heavy atom. The Morgan fingerprint density at radius 3 is 2.26 bits per heavy atom. The Bertz CT molecular complexity index is 484. The minimum absolute atomic E-state index is 0.492. The van der Waals surface area contributed by atoms with Gasteiger partial charge >= 0.3 is 11.8 Å². The molecule has 0 aromatic heterocycles. The minimum atomic E-state index is -0.656. The van der Waals surface area contributed by atoms with Gasteiger partial charge in [0.25, 0.3) is 0 Å². The van der Waals surface area contributed by atoms with Crippen molar-refractivity contribution in [1.29, 1.82) is 0 Å². The average molecular weight is 321 g/mol. The zero-order valence-electron chi connectivity index (χ0n) is 14.2. The van der Waals surface area contributed by atoms with Gasteiger partial charge in [-0.2, -0.15) is 0 Å². The fourth-order valence-electron chi connectivity index (χ4n) is 2.11. The molecular weight excluding hydrogens is 294 g/mol. The molecule has 128 valence electrons. The van der Waals surface area contributed by atoms with Crippen LogP contribution in [0, 0.1) is 0 Å². The smallest absolute Gasteiger partial charge is 0.313 e. The second-order valence-corrected chi connectivity index (χ2v) is 5.05. The zero-order valence-corrected chi connectivity index (χ0v) is 14.2. The van der Waals surface area contributed by atoms with E-state index in [0.717, 1.165) is 31.8 Å². The maximum absolute atomic E-state index is 11.8. The highest BCUT2D eigenvalue weighted by Crippen LogP contribution is 2.15. The first kappa shape index (κ1) is 19.0. The number of benzene rings is 1. The first-order valence-corrected chi connectivity index (χ1v) is 8.15. The topological polar surface area (TPSA) is 70.7 Å². The molecule has 0 aliphatic rings. The molecule has 0 aliphatic heterocycles. The molecule has 2 amide bonds. The lowest BCUT2D eigenvalue weighted by Gasteiger charge is -2.17. The number of ether oxygens (including phenoxy) is 1. The Labute approximate surface area is 138 Å². The highest BCUT2D eigenvalue weighted by molar-refractivity contribution is 6.39. The number of hydrogen-bond acceptors (Lipinski definition) is 4. The van der Waals surface area contributed by atoms with Gasteiger partial charge in [-0.3, -0.25) is 9.59 Å². The lowest BCUT2D eigenvalue weighted by molar-refractivity contribution is -0.136. The van der Waals surface area contributed by atoms with Gasteiger partial charge in [0.2, 0.25) is 0 Å². The van der Waals surface area contributed by atoms with Crippen molar-refractivity contribution in [1.82, 2.24) is 10.2 Å². The minimum Gasteiger partial charge on any atom is -0.494 e.